The van der Waals surface area contributed by atoms with Crippen LogP contribution in [0.25, 0.3) is 0 Å². The molecule has 0 unspecified atom stereocenters. The van der Waals surface area contributed by atoms with Crippen LogP contribution < -0.4 is 0 Å². The smallest absolute Gasteiger partial charge is 0.00103 e. The molecule has 0 saturated heterocycles. The molecule has 6 aliphatic carbocycles. The van der Waals surface area contributed by atoms with Gasteiger partial charge < -0.3 is 0 Å². The van der Waals surface area contributed by atoms with E-state index in [1.807, 2.05) is 0 Å². The highest BCUT2D eigenvalue weighted by Crippen LogP contribution is 2.56. The summed E-state index contributed by atoms with van der Waals surface area (Å²) < 4.78 is 0. The number of rotatable bonds is 0. The van der Waals surface area contributed by atoms with Crippen LogP contribution >= 0.6 is 0 Å². The van der Waals surface area contributed by atoms with Crippen LogP contribution in [0.2, 0.25) is 0 Å². The molecule has 0 aromatic rings. The third kappa shape index (κ3) is 1.63. The molecule has 0 nitrogen and oxygen atoms in total. The van der Waals surface area contributed by atoms with E-state index in [0.717, 1.165) is 25.7 Å². The highest BCUT2D eigenvalue weighted by Gasteiger charge is 2.39. The van der Waals surface area contributed by atoms with Gasteiger partial charge in [-0.3, -0.25) is 0 Å². The normalized spacial score (nSPS) is 25.7. The maximum absolute atomic E-state index is 2.47. The third-order valence-corrected chi connectivity index (χ3v) is 5.95. The Morgan fingerprint density at radius 3 is 1.42 bits per heavy atom. The Bertz CT molecular complexity index is 930. The summed E-state index contributed by atoms with van der Waals surface area (Å²) in [4.78, 5) is 0. The van der Waals surface area contributed by atoms with Gasteiger partial charge >= 0.3 is 0 Å². The van der Waals surface area contributed by atoms with Crippen molar-refractivity contribution in [3.05, 3.63) is 116 Å². The van der Waals surface area contributed by atoms with Crippen LogP contribution in [0.1, 0.15) is 25.7 Å². The van der Waals surface area contributed by atoms with Crippen molar-refractivity contribution in [2.45, 2.75) is 25.7 Å². The fraction of sp³-hybridized carbons (Fsp3) is 0.167. The Balaban J connectivity index is 1.67. The van der Waals surface area contributed by atoms with Crippen LogP contribution in [-0.2, 0) is 0 Å². The summed E-state index contributed by atoms with van der Waals surface area (Å²) in [6, 6.07) is 0. The Labute approximate surface area is 142 Å². The van der Waals surface area contributed by atoms with Crippen LogP contribution in [0.5, 0.6) is 0 Å². The van der Waals surface area contributed by atoms with Crippen molar-refractivity contribution < 1.29 is 0 Å². The SMILES string of the molecule is C1=CC=C2CC(=C1)C=C1CC3=C4C(=CC5=CC=CC=C3C5)CC2=C14. The van der Waals surface area contributed by atoms with Gasteiger partial charge in [0.1, 0.15) is 0 Å². The second-order valence-electron chi connectivity index (χ2n) is 7.39. The summed E-state index contributed by atoms with van der Waals surface area (Å²) in [5.41, 5.74) is 15.3. The van der Waals surface area contributed by atoms with E-state index in [9.17, 15) is 0 Å². The Hall–Kier alpha value is -2.60. The van der Waals surface area contributed by atoms with Gasteiger partial charge in [-0.1, -0.05) is 60.8 Å². The lowest BCUT2D eigenvalue weighted by molar-refractivity contribution is 1.11. The quantitative estimate of drug-likeness (QED) is 0.523. The van der Waals surface area contributed by atoms with Crippen LogP contribution in [0, 0.1) is 0 Å². The topological polar surface area (TPSA) is 0 Å². The average molecular weight is 306 g/mol. The number of hydrogen-bond donors (Lipinski definition) is 0. The Kier molecular flexibility index (Phi) is 2.38. The molecule has 0 atom stereocenters. The fourth-order valence-corrected chi connectivity index (χ4v) is 4.98. The molecule has 114 valence electrons. The lowest BCUT2D eigenvalue weighted by Crippen LogP contribution is -1.89. The molecule has 0 aromatic heterocycles. The van der Waals surface area contributed by atoms with Gasteiger partial charge in [-0.15, -0.1) is 0 Å². The van der Waals surface area contributed by atoms with Crippen molar-refractivity contribution in [2.24, 2.45) is 0 Å². The van der Waals surface area contributed by atoms with Gasteiger partial charge in [0.2, 0.25) is 0 Å². The minimum absolute atomic E-state index is 1.08. The molecule has 6 rings (SSSR count). The van der Waals surface area contributed by atoms with E-state index in [1.54, 1.807) is 33.4 Å². The van der Waals surface area contributed by atoms with Crippen molar-refractivity contribution in [2.75, 3.05) is 0 Å². The van der Waals surface area contributed by atoms with E-state index in [4.69, 9.17) is 0 Å². The largest absolute Gasteiger partial charge is 0.0620 e. The van der Waals surface area contributed by atoms with Gasteiger partial charge in [-0.2, -0.15) is 0 Å². The number of allylic oxidation sites excluding steroid dienone is 20. The molecule has 0 spiro atoms. The zero-order chi connectivity index (χ0) is 15.7. The molecule has 0 heterocycles. The van der Waals surface area contributed by atoms with Crippen molar-refractivity contribution in [1.29, 1.82) is 0 Å². The van der Waals surface area contributed by atoms with Crippen LogP contribution in [-0.4, -0.2) is 0 Å². The zero-order valence-electron chi connectivity index (χ0n) is 13.6. The molecular formula is C24H18. The highest BCUT2D eigenvalue weighted by molar-refractivity contribution is 5.80. The highest BCUT2D eigenvalue weighted by atomic mass is 14.4. The molecule has 24 heavy (non-hydrogen) atoms. The van der Waals surface area contributed by atoms with Gasteiger partial charge in [0.05, 0.1) is 0 Å². The van der Waals surface area contributed by atoms with E-state index in [-0.39, 0.29) is 0 Å². The lowest BCUT2D eigenvalue weighted by atomic mass is 9.97. The van der Waals surface area contributed by atoms with E-state index < -0.39 is 0 Å². The second-order valence-corrected chi connectivity index (χ2v) is 7.39. The first-order valence-corrected chi connectivity index (χ1v) is 8.89. The van der Waals surface area contributed by atoms with Crippen molar-refractivity contribution >= 4 is 0 Å². The van der Waals surface area contributed by atoms with Gasteiger partial charge in [0.15, 0.2) is 0 Å². The average Bonchev–Trinajstić information content (AvgIpc) is 2.80. The predicted octanol–water partition coefficient (Wildman–Crippen LogP) is 5.89. The summed E-state index contributed by atoms with van der Waals surface area (Å²) in [5, 5.41) is 0. The summed E-state index contributed by atoms with van der Waals surface area (Å²) in [6.07, 6.45) is 27.3. The van der Waals surface area contributed by atoms with Crippen LogP contribution in [0.4, 0.5) is 0 Å². The van der Waals surface area contributed by atoms with Gasteiger partial charge in [-0.05, 0) is 81.4 Å². The van der Waals surface area contributed by atoms with E-state index in [2.05, 4.69) is 60.8 Å². The van der Waals surface area contributed by atoms with Crippen molar-refractivity contribution in [3.63, 3.8) is 0 Å². The Morgan fingerprint density at radius 2 is 0.917 bits per heavy atom. The summed E-state index contributed by atoms with van der Waals surface area (Å²) in [7, 11) is 0. The monoisotopic (exact) mass is 306 g/mol. The molecule has 0 amide bonds. The molecule has 0 fully saturated rings. The molecule has 4 bridgehead atoms. The minimum atomic E-state index is 1.08. The molecule has 0 N–H and O–H groups in total. The van der Waals surface area contributed by atoms with Crippen molar-refractivity contribution in [3.8, 4) is 0 Å². The molecule has 6 aliphatic rings. The molecule has 0 aromatic carbocycles. The second kappa shape index (κ2) is 4.48. The van der Waals surface area contributed by atoms with Crippen LogP contribution in [0.3, 0.4) is 0 Å². The van der Waals surface area contributed by atoms with Gasteiger partial charge in [0.25, 0.3) is 0 Å². The molecule has 0 radical (unpaired) electrons. The molecule has 0 heteroatoms. The predicted molar refractivity (Wildman–Crippen MR) is 99.3 cm³/mol. The maximum atomic E-state index is 2.47. The van der Waals surface area contributed by atoms with E-state index in [1.165, 1.54) is 22.3 Å². The first kappa shape index (κ1) is 12.8. The summed E-state index contributed by atoms with van der Waals surface area (Å²) in [6.45, 7) is 0. The number of fused-ring (bicyclic) bond motifs is 6. The van der Waals surface area contributed by atoms with E-state index in [0.29, 0.717) is 0 Å². The summed E-state index contributed by atoms with van der Waals surface area (Å²) in [5.74, 6) is 0. The fourth-order valence-electron chi connectivity index (χ4n) is 4.98. The standard InChI is InChI=1S/C24H18/c1-3-7-17-9-15(5-1)11-19-13-22-18-8-4-2-6-16(10-18)12-20-14-21(17)23(19)24(20)22/h1-8,11-12H,9-10,13-14H2. The van der Waals surface area contributed by atoms with Crippen molar-refractivity contribution in [1.82, 2.24) is 0 Å². The Morgan fingerprint density at radius 1 is 0.458 bits per heavy atom. The zero-order valence-corrected chi connectivity index (χ0v) is 13.6. The minimum Gasteiger partial charge on any atom is -0.0620 e. The third-order valence-electron chi connectivity index (χ3n) is 5.95. The van der Waals surface area contributed by atoms with Gasteiger partial charge in [-0.25, -0.2) is 0 Å². The first-order chi connectivity index (χ1) is 11.9. The lowest BCUT2D eigenvalue weighted by Gasteiger charge is -2.07. The molecular weight excluding hydrogens is 288 g/mol. The molecule has 0 saturated carbocycles. The van der Waals surface area contributed by atoms with Gasteiger partial charge in [0, 0.05) is 0 Å². The van der Waals surface area contributed by atoms with E-state index >= 15 is 0 Å². The first-order valence-electron chi connectivity index (χ1n) is 8.89. The maximum Gasteiger partial charge on any atom is -0.00103 e. The number of hydrogen-bond acceptors (Lipinski definition) is 0. The molecule has 0 aliphatic heterocycles. The van der Waals surface area contributed by atoms with Crippen LogP contribution in [0.15, 0.2) is 116 Å². The summed E-state index contributed by atoms with van der Waals surface area (Å²) >= 11 is 0.